The van der Waals surface area contributed by atoms with E-state index in [1.54, 1.807) is 11.3 Å². The van der Waals surface area contributed by atoms with Crippen molar-refractivity contribution in [3.8, 4) is 10.6 Å². The minimum absolute atomic E-state index is 0.0465. The van der Waals surface area contributed by atoms with Crippen LogP contribution in [0.4, 0.5) is 0 Å². The van der Waals surface area contributed by atoms with E-state index in [2.05, 4.69) is 28.2 Å². The number of pyridine rings is 1. The SMILES string of the molecule is CC[C@H](C)NC(=O)c1cc(-c2ccc(Br)s2)nc2ccccc12. The van der Waals surface area contributed by atoms with Crippen molar-refractivity contribution in [1.29, 1.82) is 0 Å². The molecule has 2 aromatic heterocycles. The summed E-state index contributed by atoms with van der Waals surface area (Å²) < 4.78 is 1.05. The predicted octanol–water partition coefficient (Wildman–Crippen LogP) is 5.25. The van der Waals surface area contributed by atoms with E-state index < -0.39 is 0 Å². The van der Waals surface area contributed by atoms with Gasteiger partial charge in [-0.05, 0) is 53.5 Å². The van der Waals surface area contributed by atoms with Crippen LogP contribution < -0.4 is 5.32 Å². The van der Waals surface area contributed by atoms with Crippen LogP contribution in [-0.2, 0) is 0 Å². The number of aromatic nitrogens is 1. The molecular weight excluding hydrogens is 372 g/mol. The van der Waals surface area contributed by atoms with Crippen molar-refractivity contribution in [3.63, 3.8) is 0 Å². The van der Waals surface area contributed by atoms with Gasteiger partial charge in [0.25, 0.3) is 5.91 Å². The van der Waals surface area contributed by atoms with Crippen molar-refractivity contribution in [3.05, 3.63) is 51.8 Å². The third-order valence-corrected chi connectivity index (χ3v) is 5.42. The molecule has 5 heteroatoms. The summed E-state index contributed by atoms with van der Waals surface area (Å²) in [5, 5.41) is 3.93. The number of hydrogen-bond donors (Lipinski definition) is 1. The van der Waals surface area contributed by atoms with Crippen molar-refractivity contribution >= 4 is 44.1 Å². The van der Waals surface area contributed by atoms with Crippen LogP contribution in [0.3, 0.4) is 0 Å². The fraction of sp³-hybridized carbons (Fsp3) is 0.222. The van der Waals surface area contributed by atoms with Gasteiger partial charge in [0.15, 0.2) is 0 Å². The van der Waals surface area contributed by atoms with E-state index in [4.69, 9.17) is 4.98 Å². The fourth-order valence-electron chi connectivity index (χ4n) is 2.35. The Morgan fingerprint density at radius 2 is 2.09 bits per heavy atom. The molecule has 1 atom stereocenters. The van der Waals surface area contributed by atoms with E-state index in [9.17, 15) is 4.79 Å². The van der Waals surface area contributed by atoms with E-state index in [1.807, 2.05) is 49.4 Å². The standard InChI is InChI=1S/C18H17BrN2OS/c1-3-11(2)20-18(22)13-10-15(16-8-9-17(19)23-16)21-14-7-5-4-6-12(13)14/h4-11H,3H2,1-2H3,(H,20,22)/t11-/m0/s1. The Labute approximate surface area is 147 Å². The molecule has 3 aromatic rings. The fourth-order valence-corrected chi connectivity index (χ4v) is 3.69. The first-order valence-corrected chi connectivity index (χ1v) is 9.15. The second-order valence-corrected chi connectivity index (χ2v) is 7.92. The number of carbonyl (C=O) groups is 1. The summed E-state index contributed by atoms with van der Waals surface area (Å²) in [5.74, 6) is -0.0465. The molecule has 0 bridgehead atoms. The third kappa shape index (κ3) is 3.46. The van der Waals surface area contributed by atoms with Gasteiger partial charge in [-0.2, -0.15) is 0 Å². The molecule has 0 aliphatic carbocycles. The molecule has 118 valence electrons. The van der Waals surface area contributed by atoms with Gasteiger partial charge in [0.05, 0.1) is 25.4 Å². The van der Waals surface area contributed by atoms with Crippen molar-refractivity contribution < 1.29 is 4.79 Å². The first-order valence-electron chi connectivity index (χ1n) is 7.55. The van der Waals surface area contributed by atoms with Gasteiger partial charge in [-0.3, -0.25) is 4.79 Å². The van der Waals surface area contributed by atoms with E-state index in [-0.39, 0.29) is 11.9 Å². The lowest BCUT2D eigenvalue weighted by atomic mass is 10.1. The van der Waals surface area contributed by atoms with Crippen LogP contribution in [0.2, 0.25) is 0 Å². The van der Waals surface area contributed by atoms with E-state index in [0.717, 1.165) is 31.7 Å². The zero-order chi connectivity index (χ0) is 16.4. The Hall–Kier alpha value is -1.72. The molecule has 0 spiro atoms. The molecular formula is C18H17BrN2OS. The highest BCUT2D eigenvalue weighted by atomic mass is 79.9. The van der Waals surface area contributed by atoms with Crippen molar-refractivity contribution in [1.82, 2.24) is 10.3 Å². The summed E-state index contributed by atoms with van der Waals surface area (Å²) in [6, 6.07) is 13.8. The normalized spacial score (nSPS) is 12.3. The molecule has 23 heavy (non-hydrogen) atoms. The summed E-state index contributed by atoms with van der Waals surface area (Å²) in [5.41, 5.74) is 2.34. The zero-order valence-corrected chi connectivity index (χ0v) is 15.4. The average Bonchev–Trinajstić information content (AvgIpc) is 3.00. The van der Waals surface area contributed by atoms with E-state index in [0.29, 0.717) is 5.56 Å². The minimum atomic E-state index is -0.0465. The molecule has 0 saturated carbocycles. The summed E-state index contributed by atoms with van der Waals surface area (Å²) in [6.45, 7) is 4.07. The molecule has 3 rings (SSSR count). The van der Waals surface area contributed by atoms with Crippen LogP contribution in [0.15, 0.2) is 46.3 Å². The molecule has 0 unspecified atom stereocenters. The lowest BCUT2D eigenvalue weighted by Crippen LogP contribution is -2.32. The van der Waals surface area contributed by atoms with Gasteiger partial charge in [0.1, 0.15) is 0 Å². The number of thiophene rings is 1. The zero-order valence-electron chi connectivity index (χ0n) is 13.0. The Morgan fingerprint density at radius 1 is 1.30 bits per heavy atom. The highest BCUT2D eigenvalue weighted by Crippen LogP contribution is 2.32. The largest absolute Gasteiger partial charge is 0.350 e. The monoisotopic (exact) mass is 388 g/mol. The number of benzene rings is 1. The van der Waals surface area contributed by atoms with Gasteiger partial charge in [0, 0.05) is 11.4 Å². The van der Waals surface area contributed by atoms with Crippen molar-refractivity contribution in [2.24, 2.45) is 0 Å². The van der Waals surface area contributed by atoms with Crippen molar-refractivity contribution in [2.45, 2.75) is 26.3 Å². The van der Waals surface area contributed by atoms with Crippen LogP contribution in [-0.4, -0.2) is 16.9 Å². The van der Waals surface area contributed by atoms with Crippen LogP contribution in [0.25, 0.3) is 21.5 Å². The molecule has 0 aliphatic rings. The maximum absolute atomic E-state index is 12.7. The number of hydrogen-bond acceptors (Lipinski definition) is 3. The number of nitrogens with one attached hydrogen (secondary N) is 1. The summed E-state index contributed by atoms with van der Waals surface area (Å²) in [4.78, 5) is 18.4. The minimum Gasteiger partial charge on any atom is -0.350 e. The first kappa shape index (κ1) is 16.1. The Morgan fingerprint density at radius 3 is 2.78 bits per heavy atom. The predicted molar refractivity (Wildman–Crippen MR) is 100.0 cm³/mol. The van der Waals surface area contributed by atoms with Gasteiger partial charge < -0.3 is 5.32 Å². The summed E-state index contributed by atoms with van der Waals surface area (Å²) in [7, 11) is 0. The second-order valence-electron chi connectivity index (χ2n) is 5.46. The average molecular weight is 389 g/mol. The topological polar surface area (TPSA) is 42.0 Å². The molecule has 3 nitrogen and oxygen atoms in total. The van der Waals surface area contributed by atoms with Gasteiger partial charge in [-0.15, -0.1) is 11.3 Å². The van der Waals surface area contributed by atoms with Crippen molar-refractivity contribution in [2.75, 3.05) is 0 Å². The molecule has 0 saturated heterocycles. The number of rotatable bonds is 4. The van der Waals surface area contributed by atoms with Crippen LogP contribution in [0.1, 0.15) is 30.6 Å². The maximum atomic E-state index is 12.7. The molecule has 2 heterocycles. The van der Waals surface area contributed by atoms with E-state index >= 15 is 0 Å². The molecule has 1 N–H and O–H groups in total. The lowest BCUT2D eigenvalue weighted by Gasteiger charge is -2.13. The molecule has 0 fully saturated rings. The summed E-state index contributed by atoms with van der Waals surface area (Å²) in [6.07, 6.45) is 0.902. The number of fused-ring (bicyclic) bond motifs is 1. The summed E-state index contributed by atoms with van der Waals surface area (Å²) >= 11 is 5.09. The Balaban J connectivity index is 2.13. The Bertz CT molecular complexity index is 859. The first-order chi connectivity index (χ1) is 11.1. The molecule has 0 aliphatic heterocycles. The van der Waals surface area contributed by atoms with E-state index in [1.165, 1.54) is 0 Å². The maximum Gasteiger partial charge on any atom is 0.252 e. The highest BCUT2D eigenvalue weighted by molar-refractivity contribution is 9.11. The molecule has 1 aromatic carbocycles. The van der Waals surface area contributed by atoms with Gasteiger partial charge in [0.2, 0.25) is 0 Å². The second kappa shape index (κ2) is 6.81. The smallest absolute Gasteiger partial charge is 0.252 e. The van der Waals surface area contributed by atoms with Crippen LogP contribution in [0.5, 0.6) is 0 Å². The number of halogens is 1. The number of carbonyl (C=O) groups excluding carboxylic acids is 1. The third-order valence-electron chi connectivity index (χ3n) is 3.78. The quantitative estimate of drug-likeness (QED) is 0.662. The van der Waals surface area contributed by atoms with Crippen LogP contribution >= 0.6 is 27.3 Å². The molecule has 1 amide bonds. The number of para-hydroxylation sites is 1. The number of nitrogens with zero attached hydrogens (tertiary/aromatic N) is 1. The van der Waals surface area contributed by atoms with Gasteiger partial charge in [-0.1, -0.05) is 25.1 Å². The molecule has 0 radical (unpaired) electrons. The van der Waals surface area contributed by atoms with Crippen LogP contribution in [0, 0.1) is 0 Å². The van der Waals surface area contributed by atoms with Gasteiger partial charge in [-0.25, -0.2) is 4.98 Å². The lowest BCUT2D eigenvalue weighted by molar-refractivity contribution is 0.0941. The van der Waals surface area contributed by atoms with Gasteiger partial charge >= 0.3 is 0 Å². The number of amides is 1. The Kier molecular flexibility index (Phi) is 4.78. The highest BCUT2D eigenvalue weighted by Gasteiger charge is 2.15.